The number of hydrogen-bond acceptors (Lipinski definition) is 6. The third-order valence-electron chi connectivity index (χ3n) is 16.0. The molecule has 4 aliphatic rings. The minimum absolute atomic E-state index is 0.0703. The molecule has 0 amide bonds. The monoisotopic (exact) mass is 966 g/mol. The molecule has 7 heteroatoms. The number of nitrogens with zero attached hydrogens (tertiary/aromatic N) is 2. The fourth-order valence-corrected chi connectivity index (χ4v) is 15.7. The molecule has 10 aromatic carbocycles. The van der Waals surface area contributed by atoms with Crippen LogP contribution in [-0.2, 0) is 0 Å². The first-order valence-electron chi connectivity index (χ1n) is 25.1. The molecule has 4 nitrogen and oxygen atoms in total. The first-order chi connectivity index (χ1) is 36.2. The van der Waals surface area contributed by atoms with Crippen LogP contribution in [0.1, 0.15) is 11.5 Å². The Morgan fingerprint density at radius 3 is 1.73 bits per heavy atom. The van der Waals surface area contributed by atoms with E-state index < -0.39 is 0 Å². The van der Waals surface area contributed by atoms with Crippen molar-refractivity contribution in [2.24, 2.45) is 0 Å². The van der Waals surface area contributed by atoms with E-state index in [9.17, 15) is 0 Å². The largest absolute Gasteiger partial charge is 0.456 e. The number of allylic oxidation sites excluding steroid dienone is 3. The first-order valence-corrected chi connectivity index (χ1v) is 26.8. The number of hydrogen-bond donors (Lipinski definition) is 0. The molecule has 3 aromatic heterocycles. The molecule has 0 spiro atoms. The fraction of sp³-hybridized carbons (Fsp3) is 0.0303. The Morgan fingerprint density at radius 2 is 1.03 bits per heavy atom. The molecule has 340 valence electrons. The molecule has 2 atom stereocenters. The van der Waals surface area contributed by atoms with E-state index >= 15 is 0 Å². The van der Waals surface area contributed by atoms with Crippen molar-refractivity contribution >= 4 is 133 Å². The lowest BCUT2D eigenvalue weighted by atomic mass is 9.32. The van der Waals surface area contributed by atoms with Gasteiger partial charge < -0.3 is 18.6 Å². The molecule has 73 heavy (non-hydrogen) atoms. The zero-order valence-electron chi connectivity index (χ0n) is 39.1. The summed E-state index contributed by atoms with van der Waals surface area (Å²) in [7, 11) is 0. The van der Waals surface area contributed by atoms with Crippen molar-refractivity contribution in [1.29, 1.82) is 0 Å². The van der Waals surface area contributed by atoms with Gasteiger partial charge in [-0.15, -0.1) is 23.1 Å². The van der Waals surface area contributed by atoms with Gasteiger partial charge in [0.2, 0.25) is 0 Å². The van der Waals surface area contributed by atoms with Crippen molar-refractivity contribution in [3.05, 3.63) is 241 Å². The van der Waals surface area contributed by atoms with Crippen molar-refractivity contribution in [3.8, 4) is 22.3 Å². The number of thioether (sulfide) groups is 1. The zero-order valence-corrected chi connectivity index (χ0v) is 40.8. The third-order valence-corrected chi connectivity index (χ3v) is 18.5. The Balaban J connectivity index is 1.04. The lowest BCUT2D eigenvalue weighted by molar-refractivity contribution is 0.668. The summed E-state index contributed by atoms with van der Waals surface area (Å²) in [6, 6.07) is 78.1. The van der Waals surface area contributed by atoms with Crippen LogP contribution < -0.4 is 20.7 Å². The van der Waals surface area contributed by atoms with E-state index in [0.29, 0.717) is 0 Å². The summed E-state index contributed by atoms with van der Waals surface area (Å²) in [4.78, 5) is 6.68. The lowest BCUT2D eigenvalue weighted by Gasteiger charge is -2.48. The van der Waals surface area contributed by atoms with Crippen LogP contribution in [-0.4, -0.2) is 12.0 Å². The predicted molar refractivity (Wildman–Crippen MR) is 308 cm³/mol. The second-order valence-electron chi connectivity index (χ2n) is 19.7. The average molecular weight is 967 g/mol. The fourth-order valence-electron chi connectivity index (χ4n) is 13.2. The van der Waals surface area contributed by atoms with Crippen molar-refractivity contribution in [2.75, 3.05) is 9.80 Å². The second-order valence-corrected chi connectivity index (χ2v) is 22.0. The zero-order chi connectivity index (χ0) is 47.5. The molecule has 0 N–H and O–H groups in total. The number of rotatable bonds is 4. The van der Waals surface area contributed by atoms with Gasteiger partial charge in [0.05, 0.1) is 17.1 Å². The summed E-state index contributed by atoms with van der Waals surface area (Å²) in [5.74, 6) is 0.104. The molecular weight excluding hydrogens is 928 g/mol. The minimum atomic E-state index is -0.0703. The number of furan rings is 2. The molecule has 13 aromatic rings. The van der Waals surface area contributed by atoms with Crippen LogP contribution in [0.3, 0.4) is 0 Å². The highest BCUT2D eigenvalue weighted by molar-refractivity contribution is 8.00. The van der Waals surface area contributed by atoms with Crippen molar-refractivity contribution < 1.29 is 8.83 Å². The Bertz CT molecular complexity index is 4590. The van der Waals surface area contributed by atoms with Crippen LogP contribution >= 0.6 is 23.1 Å². The summed E-state index contributed by atoms with van der Waals surface area (Å²) in [6.45, 7) is -0.0703. The smallest absolute Gasteiger partial charge is 0.251 e. The molecule has 0 saturated heterocycles. The van der Waals surface area contributed by atoms with Gasteiger partial charge in [-0.2, -0.15) is 0 Å². The van der Waals surface area contributed by atoms with Gasteiger partial charge in [-0.25, -0.2) is 0 Å². The van der Waals surface area contributed by atoms with Gasteiger partial charge in [0.1, 0.15) is 22.3 Å². The quantitative estimate of drug-likeness (QED) is 0.164. The molecule has 0 fully saturated rings. The van der Waals surface area contributed by atoms with E-state index in [2.05, 4.69) is 234 Å². The van der Waals surface area contributed by atoms with Gasteiger partial charge in [0.25, 0.3) is 6.71 Å². The first kappa shape index (κ1) is 40.1. The van der Waals surface area contributed by atoms with Crippen LogP contribution in [0.15, 0.2) is 249 Å². The predicted octanol–water partition coefficient (Wildman–Crippen LogP) is 17.4. The molecule has 0 radical (unpaired) electrons. The molecule has 2 unspecified atom stereocenters. The van der Waals surface area contributed by atoms with Gasteiger partial charge in [-0.3, -0.25) is 0 Å². The second kappa shape index (κ2) is 15.0. The number of benzene rings is 10. The Labute approximate surface area is 428 Å². The third kappa shape index (κ3) is 5.48. The van der Waals surface area contributed by atoms with Crippen molar-refractivity contribution in [3.63, 3.8) is 0 Å². The van der Waals surface area contributed by atoms with E-state index in [1.807, 2.05) is 23.1 Å². The van der Waals surface area contributed by atoms with Gasteiger partial charge in [0.15, 0.2) is 0 Å². The molecule has 1 aliphatic carbocycles. The highest BCUT2D eigenvalue weighted by Crippen LogP contribution is 2.60. The minimum Gasteiger partial charge on any atom is -0.456 e. The molecule has 6 heterocycles. The van der Waals surface area contributed by atoms with E-state index in [1.165, 1.54) is 75.4 Å². The number of fused-ring (bicyclic) bond motifs is 17. The highest BCUT2D eigenvalue weighted by Gasteiger charge is 2.50. The van der Waals surface area contributed by atoms with E-state index in [1.54, 1.807) is 0 Å². The highest BCUT2D eigenvalue weighted by atomic mass is 32.2. The van der Waals surface area contributed by atoms with Crippen molar-refractivity contribution in [2.45, 2.75) is 16.1 Å². The van der Waals surface area contributed by atoms with Crippen LogP contribution in [0, 0.1) is 0 Å². The summed E-state index contributed by atoms with van der Waals surface area (Å²) < 4.78 is 16.0. The van der Waals surface area contributed by atoms with Crippen LogP contribution in [0.25, 0.3) is 86.3 Å². The Hall–Kier alpha value is -8.49. The van der Waals surface area contributed by atoms with E-state index in [4.69, 9.17) is 8.83 Å². The van der Waals surface area contributed by atoms with Crippen LogP contribution in [0.2, 0.25) is 0 Å². The Morgan fingerprint density at radius 1 is 0.438 bits per heavy atom. The maximum atomic E-state index is 6.71. The maximum absolute atomic E-state index is 6.71. The topological polar surface area (TPSA) is 32.8 Å². The number of anilines is 5. The van der Waals surface area contributed by atoms with Crippen LogP contribution in [0.4, 0.5) is 28.4 Å². The number of para-hydroxylation sites is 2. The molecule has 17 rings (SSSR count). The van der Waals surface area contributed by atoms with E-state index in [-0.39, 0.29) is 17.9 Å². The van der Waals surface area contributed by atoms with Gasteiger partial charge >= 0.3 is 0 Å². The molecular formula is C66H39BN2O2S2. The van der Waals surface area contributed by atoms with Crippen molar-refractivity contribution in [1.82, 2.24) is 0 Å². The van der Waals surface area contributed by atoms with E-state index in [0.717, 1.165) is 71.9 Å². The average Bonchev–Trinajstić information content (AvgIpc) is 4.24. The summed E-state index contributed by atoms with van der Waals surface area (Å²) in [5.41, 5.74) is 20.7. The Kier molecular flexibility index (Phi) is 8.27. The lowest BCUT2D eigenvalue weighted by Crippen LogP contribution is -2.57. The normalized spacial score (nSPS) is 16.5. The number of thiophene rings is 1. The standard InChI is InChI=1S/C66H39BN2O2S2/c1-3-16-38(17-4-1)58-46(32-34-52-60(58)40-20-7-11-26-50(40)70-52)68-48-24-15-25-49-64(48)67(44-30-36-56-62(65(44)68)42-22-9-13-28-54(42)72-56)45-31-37-57-63(43-23-10-14-29-55(43)73-57)66(45)69(49)47-33-35-53-61(41-21-8-12-27-51(41)71-53)59(47)39-18-5-2-6-19-39/h1-37,56,62H. The molecule has 0 saturated carbocycles. The summed E-state index contributed by atoms with van der Waals surface area (Å²) >= 11 is 3.89. The molecule has 0 bridgehead atoms. The summed E-state index contributed by atoms with van der Waals surface area (Å²) in [5, 5.41) is 7.27. The SMILES string of the molecule is C1=CC2Sc3ccccc3C2C2=C1B1c3ccc4sc5ccccc5c4c3N(c3ccc4oc5ccccc5c4c3-c3ccccc3)c3cccc(c31)N2c1ccc2oc3ccccc3c2c1-c1ccccc1. The van der Waals surface area contributed by atoms with Crippen LogP contribution in [0.5, 0.6) is 0 Å². The molecule has 3 aliphatic heterocycles. The maximum Gasteiger partial charge on any atom is 0.251 e. The van der Waals surface area contributed by atoms with Gasteiger partial charge in [-0.1, -0.05) is 158 Å². The van der Waals surface area contributed by atoms with Gasteiger partial charge in [0, 0.05) is 86.0 Å². The summed E-state index contributed by atoms with van der Waals surface area (Å²) in [6.07, 6.45) is 5.02. The van der Waals surface area contributed by atoms with Gasteiger partial charge in [-0.05, 0) is 99.8 Å².